The van der Waals surface area contributed by atoms with Gasteiger partial charge in [-0.3, -0.25) is 9.69 Å². The van der Waals surface area contributed by atoms with E-state index in [1.165, 1.54) is 0 Å². The van der Waals surface area contributed by atoms with E-state index in [9.17, 15) is 9.59 Å². The molecule has 1 aliphatic rings. The molecule has 1 heterocycles. The lowest BCUT2D eigenvalue weighted by atomic mass is 10.2. The highest BCUT2D eigenvalue weighted by Gasteiger charge is 2.27. The number of nitrogens with one attached hydrogen (secondary N) is 1. The average Bonchev–Trinajstić information content (AvgIpc) is 2.64. The Bertz CT molecular complexity index is 589. The lowest BCUT2D eigenvalue weighted by molar-refractivity contribution is -0.126. The van der Waals surface area contributed by atoms with Gasteiger partial charge in [0.05, 0.1) is 12.6 Å². The Morgan fingerprint density at radius 3 is 2.54 bits per heavy atom. The molecule has 24 heavy (non-hydrogen) atoms. The summed E-state index contributed by atoms with van der Waals surface area (Å²) in [5.41, 5.74) is 0.961. The summed E-state index contributed by atoms with van der Waals surface area (Å²) in [5.74, 6) is 2.30. The summed E-state index contributed by atoms with van der Waals surface area (Å²) >= 11 is 0. The molecule has 1 N–H and O–H groups in total. The van der Waals surface area contributed by atoms with E-state index in [0.717, 1.165) is 5.56 Å². The number of nitrogens with zero attached hydrogens (tertiary/aromatic N) is 2. The number of hydrogen-bond donors (Lipinski definition) is 1. The zero-order valence-electron chi connectivity index (χ0n) is 13.9. The molecule has 2 amide bonds. The van der Waals surface area contributed by atoms with Crippen LogP contribution in [0.3, 0.4) is 0 Å². The van der Waals surface area contributed by atoms with Gasteiger partial charge in [0.25, 0.3) is 0 Å². The first kappa shape index (κ1) is 17.8. The maximum absolute atomic E-state index is 12.1. The van der Waals surface area contributed by atoms with Gasteiger partial charge in [-0.05, 0) is 12.5 Å². The van der Waals surface area contributed by atoms with Gasteiger partial charge < -0.3 is 15.0 Å². The van der Waals surface area contributed by atoms with Crippen molar-refractivity contribution in [3.8, 4) is 12.3 Å². The first-order chi connectivity index (χ1) is 11.6. The number of benzene rings is 1. The fraction of sp³-hybridized carbons (Fsp3) is 0.444. The van der Waals surface area contributed by atoms with Crippen LogP contribution in [-0.4, -0.2) is 60.6 Å². The van der Waals surface area contributed by atoms with Crippen molar-refractivity contribution in [3.05, 3.63) is 35.9 Å². The molecule has 0 radical (unpaired) electrons. The van der Waals surface area contributed by atoms with Gasteiger partial charge in [0.2, 0.25) is 5.91 Å². The van der Waals surface area contributed by atoms with Gasteiger partial charge in [-0.1, -0.05) is 36.3 Å². The molecule has 0 aromatic heterocycles. The molecular weight excluding hydrogens is 306 g/mol. The third-order valence-corrected chi connectivity index (χ3v) is 4.07. The quantitative estimate of drug-likeness (QED) is 0.821. The molecule has 1 atom stereocenters. The van der Waals surface area contributed by atoms with Crippen LogP contribution in [0.4, 0.5) is 4.79 Å². The number of ether oxygens (including phenoxy) is 1. The second kappa shape index (κ2) is 8.94. The Morgan fingerprint density at radius 1 is 1.25 bits per heavy atom. The number of piperazine rings is 1. The molecule has 6 heteroatoms. The Kier molecular flexibility index (Phi) is 6.64. The topological polar surface area (TPSA) is 61.9 Å². The van der Waals surface area contributed by atoms with Crippen molar-refractivity contribution in [3.63, 3.8) is 0 Å². The van der Waals surface area contributed by atoms with Crippen LogP contribution in [0, 0.1) is 12.3 Å². The predicted molar refractivity (Wildman–Crippen MR) is 91.1 cm³/mol. The molecule has 128 valence electrons. The summed E-state index contributed by atoms with van der Waals surface area (Å²) < 4.78 is 5.33. The maximum Gasteiger partial charge on any atom is 0.410 e. The fourth-order valence-electron chi connectivity index (χ4n) is 2.55. The predicted octanol–water partition coefficient (Wildman–Crippen LogP) is 1.08. The lowest BCUT2D eigenvalue weighted by Gasteiger charge is -2.36. The van der Waals surface area contributed by atoms with Crippen LogP contribution in [0.1, 0.15) is 12.5 Å². The van der Waals surface area contributed by atoms with E-state index in [1.54, 1.807) is 4.90 Å². The number of carbonyl (C=O) groups excluding carboxylic acids is 2. The average molecular weight is 329 g/mol. The van der Waals surface area contributed by atoms with Crippen molar-refractivity contribution >= 4 is 12.0 Å². The second-order valence-electron chi connectivity index (χ2n) is 5.66. The molecule has 0 saturated carbocycles. The first-order valence-corrected chi connectivity index (χ1v) is 8.02. The minimum atomic E-state index is -0.317. The molecule has 1 aromatic rings. The molecule has 0 bridgehead atoms. The SMILES string of the molecule is C#CCNC(=O)C(C)N1CCN(C(=O)OCc2ccccc2)CC1. The number of amides is 2. The lowest BCUT2D eigenvalue weighted by Crippen LogP contribution is -2.55. The third-order valence-electron chi connectivity index (χ3n) is 4.07. The number of hydrogen-bond acceptors (Lipinski definition) is 4. The zero-order chi connectivity index (χ0) is 17.4. The van der Waals surface area contributed by atoms with Gasteiger partial charge in [0.1, 0.15) is 6.61 Å². The summed E-state index contributed by atoms with van der Waals surface area (Å²) in [5, 5.41) is 2.68. The van der Waals surface area contributed by atoms with Gasteiger partial charge >= 0.3 is 6.09 Å². The Balaban J connectivity index is 1.74. The highest BCUT2D eigenvalue weighted by Crippen LogP contribution is 2.09. The molecule has 1 fully saturated rings. The smallest absolute Gasteiger partial charge is 0.410 e. The van der Waals surface area contributed by atoms with Crippen molar-refractivity contribution in [2.75, 3.05) is 32.7 Å². The van der Waals surface area contributed by atoms with Crippen molar-refractivity contribution in [1.29, 1.82) is 0 Å². The summed E-state index contributed by atoms with van der Waals surface area (Å²) in [6.45, 7) is 4.69. The summed E-state index contributed by atoms with van der Waals surface area (Å²) in [6, 6.07) is 9.32. The van der Waals surface area contributed by atoms with Gasteiger partial charge in [0.15, 0.2) is 0 Å². The molecule has 1 saturated heterocycles. The molecule has 0 aliphatic carbocycles. The van der Waals surface area contributed by atoms with Crippen LogP contribution in [0.2, 0.25) is 0 Å². The number of carbonyl (C=O) groups is 2. The minimum absolute atomic E-state index is 0.0898. The fourth-order valence-corrected chi connectivity index (χ4v) is 2.55. The van der Waals surface area contributed by atoms with Gasteiger partial charge in [-0.15, -0.1) is 6.42 Å². The third kappa shape index (κ3) is 5.00. The van der Waals surface area contributed by atoms with Gasteiger partial charge in [0, 0.05) is 26.2 Å². The van der Waals surface area contributed by atoms with Crippen molar-refractivity contribution in [2.24, 2.45) is 0 Å². The van der Waals surface area contributed by atoms with E-state index < -0.39 is 0 Å². The standard InChI is InChI=1S/C18H23N3O3/c1-3-9-19-17(22)15(2)20-10-12-21(13-11-20)18(23)24-14-16-7-5-4-6-8-16/h1,4-8,15H,9-14H2,2H3,(H,19,22). The summed E-state index contributed by atoms with van der Waals surface area (Å²) in [4.78, 5) is 27.7. The van der Waals surface area contributed by atoms with Crippen LogP contribution in [0.25, 0.3) is 0 Å². The van der Waals surface area contributed by atoms with E-state index in [1.807, 2.05) is 42.2 Å². The molecule has 1 aromatic carbocycles. The highest BCUT2D eigenvalue weighted by molar-refractivity contribution is 5.81. The monoisotopic (exact) mass is 329 g/mol. The van der Waals surface area contributed by atoms with Crippen LogP contribution in [-0.2, 0) is 16.1 Å². The van der Waals surface area contributed by atoms with Crippen LogP contribution in [0.15, 0.2) is 30.3 Å². The van der Waals surface area contributed by atoms with E-state index in [4.69, 9.17) is 11.2 Å². The molecule has 2 rings (SSSR count). The van der Waals surface area contributed by atoms with Crippen molar-refractivity contribution in [2.45, 2.75) is 19.6 Å². The number of terminal acetylenes is 1. The second-order valence-corrected chi connectivity index (χ2v) is 5.66. The van der Waals surface area contributed by atoms with Crippen molar-refractivity contribution < 1.29 is 14.3 Å². The zero-order valence-corrected chi connectivity index (χ0v) is 13.9. The summed E-state index contributed by atoms with van der Waals surface area (Å²) in [6.07, 6.45) is 4.82. The van der Waals surface area contributed by atoms with E-state index >= 15 is 0 Å². The molecule has 6 nitrogen and oxygen atoms in total. The van der Waals surface area contributed by atoms with Crippen LogP contribution < -0.4 is 5.32 Å². The largest absolute Gasteiger partial charge is 0.445 e. The van der Waals surface area contributed by atoms with E-state index in [2.05, 4.69) is 11.2 Å². The first-order valence-electron chi connectivity index (χ1n) is 8.02. The van der Waals surface area contributed by atoms with Gasteiger partial charge in [-0.25, -0.2) is 4.79 Å². The Labute approximate surface area is 142 Å². The molecule has 1 aliphatic heterocycles. The normalized spacial score (nSPS) is 16.1. The van der Waals surface area contributed by atoms with Crippen molar-refractivity contribution in [1.82, 2.24) is 15.1 Å². The maximum atomic E-state index is 12.1. The number of rotatable bonds is 5. The van der Waals surface area contributed by atoms with Crippen LogP contribution in [0.5, 0.6) is 0 Å². The Hall–Kier alpha value is -2.52. The van der Waals surface area contributed by atoms with Gasteiger partial charge in [-0.2, -0.15) is 0 Å². The molecule has 1 unspecified atom stereocenters. The van der Waals surface area contributed by atoms with Crippen LogP contribution >= 0.6 is 0 Å². The van der Waals surface area contributed by atoms with E-state index in [0.29, 0.717) is 26.2 Å². The minimum Gasteiger partial charge on any atom is -0.445 e. The summed E-state index contributed by atoms with van der Waals surface area (Å²) in [7, 11) is 0. The Morgan fingerprint density at radius 2 is 1.92 bits per heavy atom. The molecule has 0 spiro atoms. The molecular formula is C18H23N3O3. The van der Waals surface area contributed by atoms with E-state index in [-0.39, 0.29) is 31.2 Å². The highest BCUT2D eigenvalue weighted by atomic mass is 16.6.